The van der Waals surface area contributed by atoms with Gasteiger partial charge >= 0.3 is 0 Å². The Kier molecular flexibility index (Phi) is 4.61. The SMILES string of the molecule is CNC(=O)Cc1csc(NC(=O)c2ncnc3c2CCCC3)n1. The van der Waals surface area contributed by atoms with Gasteiger partial charge in [-0.05, 0) is 25.7 Å². The monoisotopic (exact) mass is 331 g/mol. The van der Waals surface area contributed by atoms with Crippen molar-refractivity contribution in [3.05, 3.63) is 34.4 Å². The number of hydrogen-bond donors (Lipinski definition) is 2. The molecule has 2 amide bonds. The van der Waals surface area contributed by atoms with E-state index in [2.05, 4.69) is 25.6 Å². The summed E-state index contributed by atoms with van der Waals surface area (Å²) in [7, 11) is 1.58. The maximum absolute atomic E-state index is 12.5. The molecule has 0 unspecified atom stereocenters. The van der Waals surface area contributed by atoms with Crippen molar-refractivity contribution in [3.8, 4) is 0 Å². The molecule has 2 N–H and O–H groups in total. The fraction of sp³-hybridized carbons (Fsp3) is 0.400. The highest BCUT2D eigenvalue weighted by Crippen LogP contribution is 2.23. The molecule has 0 aliphatic heterocycles. The van der Waals surface area contributed by atoms with Crippen molar-refractivity contribution in [1.29, 1.82) is 0 Å². The van der Waals surface area contributed by atoms with E-state index in [9.17, 15) is 9.59 Å². The Labute approximate surface area is 137 Å². The number of nitrogens with zero attached hydrogens (tertiary/aromatic N) is 3. The number of likely N-dealkylation sites (N-methyl/N-ethyl adjacent to an activating group) is 1. The lowest BCUT2D eigenvalue weighted by molar-refractivity contribution is -0.120. The van der Waals surface area contributed by atoms with Crippen LogP contribution in [0.4, 0.5) is 5.13 Å². The maximum Gasteiger partial charge on any atom is 0.276 e. The number of aromatic nitrogens is 3. The predicted molar refractivity (Wildman–Crippen MR) is 86.5 cm³/mol. The highest BCUT2D eigenvalue weighted by Gasteiger charge is 2.21. The Morgan fingerprint density at radius 3 is 2.91 bits per heavy atom. The number of carbonyl (C=O) groups excluding carboxylic acids is 2. The second-order valence-corrected chi connectivity index (χ2v) is 6.16. The minimum absolute atomic E-state index is 0.113. The van der Waals surface area contributed by atoms with Crippen molar-refractivity contribution in [2.24, 2.45) is 0 Å². The van der Waals surface area contributed by atoms with Gasteiger partial charge in [0, 0.05) is 23.7 Å². The lowest BCUT2D eigenvalue weighted by Gasteiger charge is -2.16. The van der Waals surface area contributed by atoms with Crippen LogP contribution in [-0.4, -0.2) is 33.8 Å². The first kappa shape index (κ1) is 15.5. The van der Waals surface area contributed by atoms with Gasteiger partial charge in [0.25, 0.3) is 5.91 Å². The molecule has 1 aliphatic rings. The summed E-state index contributed by atoms with van der Waals surface area (Å²) >= 11 is 1.30. The van der Waals surface area contributed by atoms with E-state index in [0.29, 0.717) is 16.5 Å². The third kappa shape index (κ3) is 3.53. The number of fused-ring (bicyclic) bond motifs is 1. The van der Waals surface area contributed by atoms with E-state index in [4.69, 9.17) is 0 Å². The molecule has 7 nitrogen and oxygen atoms in total. The third-order valence-corrected chi connectivity index (χ3v) is 4.54. The van der Waals surface area contributed by atoms with Crippen LogP contribution >= 0.6 is 11.3 Å². The van der Waals surface area contributed by atoms with Crippen molar-refractivity contribution in [1.82, 2.24) is 20.3 Å². The van der Waals surface area contributed by atoms with Gasteiger partial charge in [-0.15, -0.1) is 11.3 Å². The normalized spacial score (nSPS) is 13.3. The van der Waals surface area contributed by atoms with E-state index in [-0.39, 0.29) is 18.2 Å². The number of thiazole rings is 1. The molecule has 0 fully saturated rings. The molecular weight excluding hydrogens is 314 g/mol. The molecule has 0 radical (unpaired) electrons. The molecule has 0 spiro atoms. The molecule has 2 heterocycles. The number of amides is 2. The average molecular weight is 331 g/mol. The number of hydrogen-bond acceptors (Lipinski definition) is 6. The third-order valence-electron chi connectivity index (χ3n) is 3.73. The van der Waals surface area contributed by atoms with Gasteiger partial charge in [0.15, 0.2) is 5.13 Å². The van der Waals surface area contributed by atoms with Gasteiger partial charge in [-0.2, -0.15) is 0 Å². The Morgan fingerprint density at radius 1 is 1.26 bits per heavy atom. The summed E-state index contributed by atoms with van der Waals surface area (Å²) < 4.78 is 0. The van der Waals surface area contributed by atoms with Crippen molar-refractivity contribution in [3.63, 3.8) is 0 Å². The quantitative estimate of drug-likeness (QED) is 0.881. The maximum atomic E-state index is 12.5. The number of nitrogens with one attached hydrogen (secondary N) is 2. The highest BCUT2D eigenvalue weighted by molar-refractivity contribution is 7.14. The minimum atomic E-state index is -0.272. The molecular formula is C15H17N5O2S. The summed E-state index contributed by atoms with van der Waals surface area (Å²) in [4.78, 5) is 36.5. The second kappa shape index (κ2) is 6.82. The minimum Gasteiger partial charge on any atom is -0.359 e. The Hall–Kier alpha value is -2.35. The fourth-order valence-corrected chi connectivity index (χ4v) is 3.28. The van der Waals surface area contributed by atoms with E-state index in [1.54, 1.807) is 12.4 Å². The average Bonchev–Trinajstić information content (AvgIpc) is 3.01. The molecule has 120 valence electrons. The summed E-state index contributed by atoms with van der Waals surface area (Å²) in [6.45, 7) is 0. The summed E-state index contributed by atoms with van der Waals surface area (Å²) in [5.41, 5.74) is 2.97. The van der Waals surface area contributed by atoms with Gasteiger partial charge in [-0.3, -0.25) is 14.9 Å². The first-order valence-electron chi connectivity index (χ1n) is 7.46. The summed E-state index contributed by atoms with van der Waals surface area (Å²) in [6.07, 6.45) is 5.52. The Balaban J connectivity index is 1.74. The van der Waals surface area contributed by atoms with Gasteiger partial charge in [0.2, 0.25) is 5.91 Å². The van der Waals surface area contributed by atoms with Crippen LogP contribution in [0.15, 0.2) is 11.7 Å². The number of anilines is 1. The summed E-state index contributed by atoms with van der Waals surface area (Å²) in [6, 6.07) is 0. The van der Waals surface area contributed by atoms with E-state index in [0.717, 1.165) is 36.9 Å². The van der Waals surface area contributed by atoms with Gasteiger partial charge < -0.3 is 5.32 Å². The largest absolute Gasteiger partial charge is 0.359 e. The Morgan fingerprint density at radius 2 is 2.09 bits per heavy atom. The molecule has 23 heavy (non-hydrogen) atoms. The standard InChI is InChI=1S/C15H17N5O2S/c1-16-12(21)6-9-7-23-15(19-9)20-14(22)13-10-4-2-3-5-11(10)17-8-18-13/h7-8H,2-6H2,1H3,(H,16,21)(H,19,20,22). The van der Waals surface area contributed by atoms with E-state index in [1.165, 1.54) is 17.7 Å². The van der Waals surface area contributed by atoms with Crippen LogP contribution in [0.25, 0.3) is 0 Å². The van der Waals surface area contributed by atoms with Gasteiger partial charge in [0.05, 0.1) is 12.1 Å². The number of carbonyl (C=O) groups is 2. The molecule has 0 bridgehead atoms. The molecule has 0 saturated heterocycles. The van der Waals surface area contributed by atoms with Crippen LogP contribution < -0.4 is 10.6 Å². The van der Waals surface area contributed by atoms with Crippen LogP contribution in [-0.2, 0) is 24.1 Å². The zero-order valence-electron chi connectivity index (χ0n) is 12.8. The van der Waals surface area contributed by atoms with E-state index >= 15 is 0 Å². The van der Waals surface area contributed by atoms with Crippen LogP contribution in [0.5, 0.6) is 0 Å². The van der Waals surface area contributed by atoms with Crippen molar-refractivity contribution in [2.45, 2.75) is 32.1 Å². The van der Waals surface area contributed by atoms with Crippen LogP contribution in [0.3, 0.4) is 0 Å². The molecule has 8 heteroatoms. The predicted octanol–water partition coefficient (Wildman–Crippen LogP) is 1.35. The smallest absolute Gasteiger partial charge is 0.276 e. The lowest BCUT2D eigenvalue weighted by atomic mass is 9.94. The zero-order valence-corrected chi connectivity index (χ0v) is 13.6. The molecule has 2 aromatic rings. The van der Waals surface area contributed by atoms with Crippen LogP contribution in [0, 0.1) is 0 Å². The van der Waals surface area contributed by atoms with E-state index in [1.807, 2.05) is 0 Å². The molecule has 1 aliphatic carbocycles. The van der Waals surface area contributed by atoms with Crippen LogP contribution in [0.2, 0.25) is 0 Å². The fourth-order valence-electron chi connectivity index (χ4n) is 2.57. The molecule has 0 atom stereocenters. The molecule has 0 aromatic carbocycles. The summed E-state index contributed by atoms with van der Waals surface area (Å²) in [5, 5.41) is 7.55. The highest BCUT2D eigenvalue weighted by atomic mass is 32.1. The van der Waals surface area contributed by atoms with Crippen LogP contribution in [0.1, 0.15) is 40.3 Å². The van der Waals surface area contributed by atoms with Crippen molar-refractivity contribution < 1.29 is 9.59 Å². The molecule has 3 rings (SSSR count). The number of rotatable bonds is 4. The Bertz CT molecular complexity index is 743. The lowest BCUT2D eigenvalue weighted by Crippen LogP contribution is -2.21. The van der Waals surface area contributed by atoms with Gasteiger partial charge in [-0.1, -0.05) is 0 Å². The molecule has 0 saturated carbocycles. The first-order chi connectivity index (χ1) is 11.2. The number of aryl methyl sites for hydroxylation is 1. The second-order valence-electron chi connectivity index (χ2n) is 5.30. The summed E-state index contributed by atoms with van der Waals surface area (Å²) in [5.74, 6) is -0.385. The molecule has 2 aromatic heterocycles. The van der Waals surface area contributed by atoms with Crippen molar-refractivity contribution in [2.75, 3.05) is 12.4 Å². The topological polar surface area (TPSA) is 96.9 Å². The van der Waals surface area contributed by atoms with Gasteiger partial charge in [0.1, 0.15) is 12.0 Å². The van der Waals surface area contributed by atoms with Crippen molar-refractivity contribution >= 4 is 28.3 Å². The first-order valence-corrected chi connectivity index (χ1v) is 8.34. The van der Waals surface area contributed by atoms with E-state index < -0.39 is 0 Å². The van der Waals surface area contributed by atoms with Gasteiger partial charge in [-0.25, -0.2) is 15.0 Å². The zero-order chi connectivity index (χ0) is 16.2.